The van der Waals surface area contributed by atoms with Gasteiger partial charge in [0.1, 0.15) is 0 Å². The highest BCUT2D eigenvalue weighted by Crippen LogP contribution is 2.30. The van der Waals surface area contributed by atoms with Crippen LogP contribution in [0.4, 0.5) is 11.4 Å². The molecule has 0 fully saturated rings. The predicted molar refractivity (Wildman–Crippen MR) is 92.1 cm³/mol. The number of hydrogen-bond acceptors (Lipinski definition) is 6. The Kier molecular flexibility index (Phi) is 5.70. The third kappa shape index (κ3) is 4.53. The number of aromatic nitrogens is 1. The maximum absolute atomic E-state index is 12.3. The average Bonchev–Trinajstić information content (AvgIpc) is 2.56. The van der Waals surface area contributed by atoms with Gasteiger partial charge in [-0.3, -0.25) is 4.79 Å². The molecule has 6 nitrogen and oxygen atoms in total. The number of anilines is 2. The normalized spacial score (nSPS) is 11.6. The van der Waals surface area contributed by atoms with Gasteiger partial charge in [0.15, 0.2) is 11.5 Å². The molecule has 3 N–H and O–H groups in total. The zero-order valence-electron chi connectivity index (χ0n) is 13.2. The van der Waals surface area contributed by atoms with Crippen molar-refractivity contribution in [2.75, 3.05) is 25.3 Å². The van der Waals surface area contributed by atoms with E-state index in [1.807, 2.05) is 6.92 Å². The molecule has 0 aliphatic heterocycles. The molecule has 7 heteroatoms. The number of benzene rings is 1. The quantitative estimate of drug-likeness (QED) is 0.791. The van der Waals surface area contributed by atoms with E-state index in [0.717, 1.165) is 5.03 Å². The SMILES string of the molecule is COc1ccc(NC(=O)C(C)Sc2ccc(N)cn2)cc1OC. The van der Waals surface area contributed by atoms with Crippen LogP contribution in [0.1, 0.15) is 6.92 Å². The van der Waals surface area contributed by atoms with Gasteiger partial charge >= 0.3 is 0 Å². The number of carbonyl (C=O) groups is 1. The lowest BCUT2D eigenvalue weighted by molar-refractivity contribution is -0.115. The zero-order valence-corrected chi connectivity index (χ0v) is 14.0. The van der Waals surface area contributed by atoms with Crippen molar-refractivity contribution in [3.05, 3.63) is 36.5 Å². The largest absolute Gasteiger partial charge is 0.493 e. The number of nitrogens with one attached hydrogen (secondary N) is 1. The summed E-state index contributed by atoms with van der Waals surface area (Å²) < 4.78 is 10.4. The Morgan fingerprint density at radius 1 is 1.22 bits per heavy atom. The topological polar surface area (TPSA) is 86.5 Å². The first-order valence-corrected chi connectivity index (χ1v) is 7.82. The third-order valence-electron chi connectivity index (χ3n) is 3.08. The molecule has 0 spiro atoms. The minimum Gasteiger partial charge on any atom is -0.493 e. The van der Waals surface area contributed by atoms with E-state index in [9.17, 15) is 4.79 Å². The van der Waals surface area contributed by atoms with E-state index < -0.39 is 0 Å². The number of hydrogen-bond donors (Lipinski definition) is 2. The molecule has 1 atom stereocenters. The molecule has 1 aromatic carbocycles. The smallest absolute Gasteiger partial charge is 0.237 e. The molecule has 0 saturated carbocycles. The van der Waals surface area contributed by atoms with Crippen LogP contribution in [0.25, 0.3) is 0 Å². The number of nitrogens with zero attached hydrogens (tertiary/aromatic N) is 1. The minimum absolute atomic E-state index is 0.124. The van der Waals surface area contributed by atoms with E-state index in [4.69, 9.17) is 15.2 Å². The summed E-state index contributed by atoms with van der Waals surface area (Å²) in [5.74, 6) is 1.05. The fourth-order valence-electron chi connectivity index (χ4n) is 1.85. The fourth-order valence-corrected chi connectivity index (χ4v) is 2.64. The van der Waals surface area contributed by atoms with E-state index in [-0.39, 0.29) is 11.2 Å². The Hall–Kier alpha value is -2.41. The van der Waals surface area contributed by atoms with Crippen LogP contribution < -0.4 is 20.5 Å². The minimum atomic E-state index is -0.306. The second kappa shape index (κ2) is 7.73. The first kappa shape index (κ1) is 17.0. The van der Waals surface area contributed by atoms with E-state index in [1.54, 1.807) is 50.7 Å². The van der Waals surface area contributed by atoms with Gasteiger partial charge < -0.3 is 20.5 Å². The molecule has 1 unspecified atom stereocenters. The lowest BCUT2D eigenvalue weighted by atomic mass is 10.2. The maximum Gasteiger partial charge on any atom is 0.237 e. The fraction of sp³-hybridized carbons (Fsp3) is 0.250. The van der Waals surface area contributed by atoms with Crippen LogP contribution in [0.2, 0.25) is 0 Å². The molecular weight excluding hydrogens is 314 g/mol. The molecular formula is C16H19N3O3S. The van der Waals surface area contributed by atoms with Crippen LogP contribution in [-0.4, -0.2) is 30.4 Å². The van der Waals surface area contributed by atoms with Crippen LogP contribution in [-0.2, 0) is 4.79 Å². The van der Waals surface area contributed by atoms with E-state index >= 15 is 0 Å². The summed E-state index contributed by atoms with van der Waals surface area (Å²) in [6.07, 6.45) is 1.57. The van der Waals surface area contributed by atoms with E-state index in [0.29, 0.717) is 22.9 Å². The lowest BCUT2D eigenvalue weighted by Gasteiger charge is -2.13. The number of amides is 1. The monoisotopic (exact) mass is 333 g/mol. The van der Waals surface area contributed by atoms with Crippen molar-refractivity contribution < 1.29 is 14.3 Å². The second-order valence-corrected chi connectivity index (χ2v) is 6.11. The van der Waals surface area contributed by atoms with Gasteiger partial charge in [0.2, 0.25) is 5.91 Å². The Morgan fingerprint density at radius 3 is 2.57 bits per heavy atom. The van der Waals surface area contributed by atoms with Gasteiger partial charge in [-0.05, 0) is 31.2 Å². The second-order valence-electron chi connectivity index (χ2n) is 4.75. The molecule has 0 aliphatic carbocycles. The van der Waals surface area contributed by atoms with E-state index in [1.165, 1.54) is 11.8 Å². The number of nitrogens with two attached hydrogens (primary N) is 1. The summed E-state index contributed by atoms with van der Waals surface area (Å²) in [5, 5.41) is 3.29. The molecule has 2 aromatic rings. The number of nitrogen functional groups attached to an aromatic ring is 1. The molecule has 1 amide bonds. The van der Waals surface area contributed by atoms with Gasteiger partial charge in [-0.25, -0.2) is 4.98 Å². The Bertz CT molecular complexity index is 677. The van der Waals surface area contributed by atoms with Crippen molar-refractivity contribution >= 4 is 29.0 Å². The molecule has 0 aliphatic rings. The van der Waals surface area contributed by atoms with Crippen molar-refractivity contribution in [3.63, 3.8) is 0 Å². The van der Waals surface area contributed by atoms with Gasteiger partial charge in [0, 0.05) is 11.8 Å². The summed E-state index contributed by atoms with van der Waals surface area (Å²) in [4.78, 5) is 16.5. The number of pyridine rings is 1. The molecule has 1 heterocycles. The Labute approximate surface area is 139 Å². The van der Waals surface area contributed by atoms with E-state index in [2.05, 4.69) is 10.3 Å². The van der Waals surface area contributed by atoms with Crippen LogP contribution in [0.5, 0.6) is 11.5 Å². The first-order valence-electron chi connectivity index (χ1n) is 6.94. The molecule has 1 aromatic heterocycles. The summed E-state index contributed by atoms with van der Waals surface area (Å²) in [6, 6.07) is 8.77. The number of ether oxygens (including phenoxy) is 2. The Balaban J connectivity index is 2.01. The molecule has 23 heavy (non-hydrogen) atoms. The van der Waals surface area contributed by atoms with Crippen molar-refractivity contribution in [2.24, 2.45) is 0 Å². The Morgan fingerprint density at radius 2 is 1.96 bits per heavy atom. The number of rotatable bonds is 6. The summed E-state index contributed by atoms with van der Waals surface area (Å²) in [5.41, 5.74) is 6.84. The van der Waals surface area contributed by atoms with Crippen molar-refractivity contribution in [1.29, 1.82) is 0 Å². The predicted octanol–water partition coefficient (Wildman–Crippen LogP) is 2.80. The first-order chi connectivity index (χ1) is 11.0. The molecule has 0 radical (unpaired) electrons. The molecule has 2 rings (SSSR count). The average molecular weight is 333 g/mol. The summed E-state index contributed by atoms with van der Waals surface area (Å²) in [7, 11) is 3.11. The van der Waals surface area contributed by atoms with Gasteiger partial charge in [0.25, 0.3) is 0 Å². The van der Waals surface area contributed by atoms with Crippen molar-refractivity contribution in [2.45, 2.75) is 17.2 Å². The van der Waals surface area contributed by atoms with Crippen LogP contribution in [0, 0.1) is 0 Å². The number of carbonyl (C=O) groups excluding carboxylic acids is 1. The standard InChI is InChI=1S/C16H19N3O3S/c1-10(23-15-7-4-11(17)9-18-15)16(20)19-12-5-6-13(21-2)14(8-12)22-3/h4-10H,17H2,1-3H3,(H,19,20). The number of thioether (sulfide) groups is 1. The highest BCUT2D eigenvalue weighted by molar-refractivity contribution is 8.00. The molecule has 0 bridgehead atoms. The molecule has 0 saturated heterocycles. The van der Waals surface area contributed by atoms with Crippen LogP contribution in [0.3, 0.4) is 0 Å². The lowest BCUT2D eigenvalue weighted by Crippen LogP contribution is -2.22. The summed E-state index contributed by atoms with van der Waals surface area (Å²) in [6.45, 7) is 1.82. The molecule has 122 valence electrons. The zero-order chi connectivity index (χ0) is 16.8. The summed E-state index contributed by atoms with van der Waals surface area (Å²) >= 11 is 1.36. The highest BCUT2D eigenvalue weighted by Gasteiger charge is 2.16. The van der Waals surface area contributed by atoms with Crippen molar-refractivity contribution in [3.8, 4) is 11.5 Å². The highest BCUT2D eigenvalue weighted by atomic mass is 32.2. The van der Waals surface area contributed by atoms with Crippen LogP contribution >= 0.6 is 11.8 Å². The van der Waals surface area contributed by atoms with Gasteiger partial charge in [-0.15, -0.1) is 0 Å². The van der Waals surface area contributed by atoms with Gasteiger partial charge in [-0.1, -0.05) is 11.8 Å². The maximum atomic E-state index is 12.3. The van der Waals surface area contributed by atoms with Crippen molar-refractivity contribution in [1.82, 2.24) is 4.98 Å². The van der Waals surface area contributed by atoms with Gasteiger partial charge in [0.05, 0.1) is 36.4 Å². The number of methoxy groups -OCH3 is 2. The van der Waals surface area contributed by atoms with Crippen LogP contribution in [0.15, 0.2) is 41.6 Å². The third-order valence-corrected chi connectivity index (χ3v) is 4.13. The van der Waals surface area contributed by atoms with Gasteiger partial charge in [-0.2, -0.15) is 0 Å².